The molecule has 0 amide bonds. The molecule has 0 radical (unpaired) electrons. The van der Waals surface area contributed by atoms with Crippen molar-refractivity contribution in [3.8, 4) is 11.5 Å². The summed E-state index contributed by atoms with van der Waals surface area (Å²) in [4.78, 5) is 0. The van der Waals surface area contributed by atoms with E-state index in [2.05, 4.69) is 0 Å². The predicted octanol–water partition coefficient (Wildman–Crippen LogP) is 0.921. The standard InChI is InChI=1S/C12H12O4S/c13-11-1-2-12(14)10-4-8-6-17(15,16)5-7(8)3-9(10)11/h1-2,13-14H,3-6H2. The van der Waals surface area contributed by atoms with Gasteiger partial charge in [0, 0.05) is 11.1 Å². The Labute approximate surface area is 99.1 Å². The van der Waals surface area contributed by atoms with Crippen LogP contribution < -0.4 is 0 Å². The fourth-order valence-electron chi connectivity index (χ4n) is 2.63. The van der Waals surface area contributed by atoms with Crippen LogP contribution in [0, 0.1) is 0 Å². The first kappa shape index (κ1) is 10.7. The van der Waals surface area contributed by atoms with Gasteiger partial charge in [-0.25, -0.2) is 8.42 Å². The fourth-order valence-corrected chi connectivity index (χ4v) is 4.40. The summed E-state index contributed by atoms with van der Waals surface area (Å²) in [6, 6.07) is 2.90. The second-order valence-electron chi connectivity index (χ2n) is 4.65. The third-order valence-corrected chi connectivity index (χ3v) is 5.03. The molecule has 2 N–H and O–H groups in total. The molecule has 1 heterocycles. The molecule has 90 valence electrons. The topological polar surface area (TPSA) is 74.6 Å². The monoisotopic (exact) mass is 252 g/mol. The number of benzene rings is 1. The molecular formula is C12H12O4S. The Hall–Kier alpha value is -1.49. The van der Waals surface area contributed by atoms with E-state index in [0.29, 0.717) is 24.0 Å². The number of aromatic hydroxyl groups is 2. The lowest BCUT2D eigenvalue weighted by Crippen LogP contribution is -2.08. The maximum Gasteiger partial charge on any atom is 0.157 e. The van der Waals surface area contributed by atoms with E-state index in [-0.39, 0.29) is 23.0 Å². The van der Waals surface area contributed by atoms with Gasteiger partial charge in [-0.05, 0) is 25.0 Å². The van der Waals surface area contributed by atoms with Gasteiger partial charge in [-0.15, -0.1) is 0 Å². The van der Waals surface area contributed by atoms with Crippen molar-refractivity contribution in [2.45, 2.75) is 12.8 Å². The molecule has 0 fully saturated rings. The smallest absolute Gasteiger partial charge is 0.157 e. The Kier molecular flexibility index (Phi) is 2.04. The largest absolute Gasteiger partial charge is 0.508 e. The number of phenols is 2. The number of fused-ring (bicyclic) bond motifs is 1. The predicted molar refractivity (Wildman–Crippen MR) is 62.9 cm³/mol. The van der Waals surface area contributed by atoms with Gasteiger partial charge in [0.1, 0.15) is 11.5 Å². The van der Waals surface area contributed by atoms with Crippen molar-refractivity contribution in [2.75, 3.05) is 11.5 Å². The van der Waals surface area contributed by atoms with Gasteiger partial charge in [-0.3, -0.25) is 0 Å². The van der Waals surface area contributed by atoms with Gasteiger partial charge in [0.2, 0.25) is 0 Å². The highest BCUT2D eigenvalue weighted by atomic mass is 32.2. The Morgan fingerprint density at radius 3 is 1.71 bits per heavy atom. The first-order valence-electron chi connectivity index (χ1n) is 5.39. The van der Waals surface area contributed by atoms with Crippen LogP contribution in [0.25, 0.3) is 0 Å². The third kappa shape index (κ3) is 1.61. The summed E-state index contributed by atoms with van der Waals surface area (Å²) in [5.74, 6) is 0.454. The van der Waals surface area contributed by atoms with Crippen LogP contribution in [0.4, 0.5) is 0 Å². The molecule has 2 aliphatic rings. The quantitative estimate of drug-likeness (QED) is 0.532. The highest BCUT2D eigenvalue weighted by Gasteiger charge is 2.32. The van der Waals surface area contributed by atoms with Crippen molar-refractivity contribution in [2.24, 2.45) is 0 Å². The average Bonchev–Trinajstić information content (AvgIpc) is 2.54. The molecule has 0 bridgehead atoms. The summed E-state index contributed by atoms with van der Waals surface area (Å²) in [6.45, 7) is 0. The number of rotatable bonds is 0. The van der Waals surface area contributed by atoms with Crippen molar-refractivity contribution in [1.82, 2.24) is 0 Å². The van der Waals surface area contributed by atoms with E-state index >= 15 is 0 Å². The number of sulfone groups is 1. The number of phenolic OH excluding ortho intramolecular Hbond substituents is 2. The van der Waals surface area contributed by atoms with Gasteiger partial charge in [-0.1, -0.05) is 11.1 Å². The summed E-state index contributed by atoms with van der Waals surface area (Å²) >= 11 is 0. The summed E-state index contributed by atoms with van der Waals surface area (Å²) < 4.78 is 23.1. The van der Waals surface area contributed by atoms with Crippen molar-refractivity contribution in [1.29, 1.82) is 0 Å². The molecule has 1 aliphatic heterocycles. The van der Waals surface area contributed by atoms with Crippen LogP contribution >= 0.6 is 0 Å². The molecule has 3 rings (SSSR count). The zero-order chi connectivity index (χ0) is 12.2. The Morgan fingerprint density at radius 2 is 1.29 bits per heavy atom. The molecule has 0 saturated heterocycles. The zero-order valence-electron chi connectivity index (χ0n) is 9.10. The molecule has 0 atom stereocenters. The lowest BCUT2D eigenvalue weighted by Gasteiger charge is -2.19. The van der Waals surface area contributed by atoms with Gasteiger partial charge in [-0.2, -0.15) is 0 Å². The molecule has 0 spiro atoms. The highest BCUT2D eigenvalue weighted by Crippen LogP contribution is 2.39. The van der Waals surface area contributed by atoms with Crippen molar-refractivity contribution in [3.05, 3.63) is 34.4 Å². The maximum atomic E-state index is 11.6. The van der Waals surface area contributed by atoms with Crippen LogP contribution in [0.1, 0.15) is 11.1 Å². The van der Waals surface area contributed by atoms with Crippen LogP contribution in [0.5, 0.6) is 11.5 Å². The summed E-state index contributed by atoms with van der Waals surface area (Å²) in [5, 5.41) is 19.5. The summed E-state index contributed by atoms with van der Waals surface area (Å²) in [5.41, 5.74) is 3.11. The van der Waals surface area contributed by atoms with Gasteiger partial charge in [0.15, 0.2) is 9.84 Å². The summed E-state index contributed by atoms with van der Waals surface area (Å²) in [6.07, 6.45) is 0.869. The number of hydrogen-bond donors (Lipinski definition) is 2. The zero-order valence-corrected chi connectivity index (χ0v) is 9.92. The molecule has 0 aromatic heterocycles. The minimum absolute atomic E-state index is 0.0941. The van der Waals surface area contributed by atoms with E-state index in [1.807, 2.05) is 0 Å². The van der Waals surface area contributed by atoms with Gasteiger partial charge >= 0.3 is 0 Å². The molecule has 1 aromatic rings. The molecule has 4 nitrogen and oxygen atoms in total. The lowest BCUT2D eigenvalue weighted by molar-refractivity contribution is 0.448. The van der Waals surface area contributed by atoms with E-state index in [0.717, 1.165) is 11.1 Å². The van der Waals surface area contributed by atoms with Crippen molar-refractivity contribution < 1.29 is 18.6 Å². The van der Waals surface area contributed by atoms with Crippen molar-refractivity contribution in [3.63, 3.8) is 0 Å². The average molecular weight is 252 g/mol. The Balaban J connectivity index is 2.09. The first-order valence-corrected chi connectivity index (χ1v) is 7.21. The molecular weight excluding hydrogens is 240 g/mol. The van der Waals surface area contributed by atoms with Gasteiger partial charge in [0.25, 0.3) is 0 Å². The number of hydrogen-bond acceptors (Lipinski definition) is 4. The minimum atomic E-state index is -3.01. The molecule has 1 aromatic carbocycles. The molecule has 1 aliphatic carbocycles. The van der Waals surface area contributed by atoms with Gasteiger partial charge < -0.3 is 10.2 Å². The molecule has 5 heteroatoms. The normalized spacial score (nSPS) is 21.2. The first-order chi connectivity index (χ1) is 7.96. The van der Waals surface area contributed by atoms with Crippen molar-refractivity contribution >= 4 is 9.84 Å². The highest BCUT2D eigenvalue weighted by molar-refractivity contribution is 7.92. The second kappa shape index (κ2) is 3.26. The Morgan fingerprint density at radius 1 is 0.882 bits per heavy atom. The van der Waals surface area contributed by atoms with Crippen LogP contribution in [0.15, 0.2) is 23.3 Å². The SMILES string of the molecule is O=S1(=O)CC2=C(Cc3c(O)ccc(O)c3C2)C1. The van der Waals surface area contributed by atoms with Crippen LogP contribution in [0.2, 0.25) is 0 Å². The van der Waals surface area contributed by atoms with Crippen LogP contribution in [0.3, 0.4) is 0 Å². The lowest BCUT2D eigenvalue weighted by atomic mass is 9.86. The summed E-state index contributed by atoms with van der Waals surface area (Å²) in [7, 11) is -3.01. The van der Waals surface area contributed by atoms with Crippen LogP contribution in [-0.4, -0.2) is 30.1 Å². The van der Waals surface area contributed by atoms with E-state index in [1.54, 1.807) is 0 Å². The minimum Gasteiger partial charge on any atom is -0.508 e. The van der Waals surface area contributed by atoms with E-state index in [9.17, 15) is 18.6 Å². The fraction of sp³-hybridized carbons (Fsp3) is 0.333. The maximum absolute atomic E-state index is 11.6. The van der Waals surface area contributed by atoms with Crippen LogP contribution in [-0.2, 0) is 22.7 Å². The van der Waals surface area contributed by atoms with Gasteiger partial charge in [0.05, 0.1) is 11.5 Å². The molecule has 17 heavy (non-hydrogen) atoms. The van der Waals surface area contributed by atoms with E-state index in [4.69, 9.17) is 0 Å². The molecule has 0 unspecified atom stereocenters. The second-order valence-corrected chi connectivity index (χ2v) is 6.72. The third-order valence-electron chi connectivity index (χ3n) is 3.45. The molecule has 0 saturated carbocycles. The van der Waals surface area contributed by atoms with E-state index in [1.165, 1.54) is 12.1 Å². The Bertz CT molecular complexity index is 592. The van der Waals surface area contributed by atoms with E-state index < -0.39 is 9.84 Å².